The van der Waals surface area contributed by atoms with Gasteiger partial charge in [0.15, 0.2) is 5.58 Å². The Morgan fingerprint density at radius 3 is 2.77 bits per heavy atom. The second-order valence-corrected chi connectivity index (χ2v) is 6.87. The SMILES string of the molecule is O=C(Cc1noc2ccccc12)NNC(=O)c1ccc(Br)s1. The number of carbonyl (C=O) groups is 2. The van der Waals surface area contributed by atoms with E-state index in [1.807, 2.05) is 18.2 Å². The maximum atomic E-state index is 11.9. The molecule has 0 aliphatic rings. The van der Waals surface area contributed by atoms with Crippen LogP contribution in [0.5, 0.6) is 0 Å². The van der Waals surface area contributed by atoms with Crippen LogP contribution in [0.4, 0.5) is 0 Å². The van der Waals surface area contributed by atoms with Crippen molar-refractivity contribution in [2.45, 2.75) is 6.42 Å². The van der Waals surface area contributed by atoms with Crippen LogP contribution in [-0.2, 0) is 11.2 Å². The molecule has 0 saturated heterocycles. The molecule has 3 rings (SSSR count). The number of fused-ring (bicyclic) bond motifs is 1. The van der Waals surface area contributed by atoms with Crippen molar-refractivity contribution < 1.29 is 14.1 Å². The van der Waals surface area contributed by atoms with Crippen LogP contribution in [0.25, 0.3) is 11.0 Å². The quantitative estimate of drug-likeness (QED) is 0.685. The summed E-state index contributed by atoms with van der Waals surface area (Å²) in [7, 11) is 0. The number of rotatable bonds is 3. The Balaban J connectivity index is 1.60. The summed E-state index contributed by atoms with van der Waals surface area (Å²) in [6, 6.07) is 10.7. The molecular formula is C14H10BrN3O3S. The molecule has 0 aliphatic carbocycles. The van der Waals surface area contributed by atoms with Crippen molar-refractivity contribution in [3.63, 3.8) is 0 Å². The topological polar surface area (TPSA) is 84.2 Å². The first-order valence-electron chi connectivity index (χ1n) is 6.31. The van der Waals surface area contributed by atoms with Crippen molar-refractivity contribution >= 4 is 50.1 Å². The summed E-state index contributed by atoms with van der Waals surface area (Å²) in [5, 5.41) is 4.65. The molecule has 8 heteroatoms. The number of hydrazine groups is 1. The molecule has 6 nitrogen and oxygen atoms in total. The van der Waals surface area contributed by atoms with Crippen molar-refractivity contribution in [1.29, 1.82) is 0 Å². The normalized spacial score (nSPS) is 10.6. The molecule has 0 saturated carbocycles. The van der Waals surface area contributed by atoms with Crippen molar-refractivity contribution in [1.82, 2.24) is 16.0 Å². The molecule has 0 bridgehead atoms. The van der Waals surface area contributed by atoms with Crippen LogP contribution in [0.3, 0.4) is 0 Å². The Kier molecular flexibility index (Phi) is 4.21. The smallest absolute Gasteiger partial charge is 0.279 e. The lowest BCUT2D eigenvalue weighted by Crippen LogP contribution is -2.42. The molecule has 0 aliphatic heterocycles. The minimum Gasteiger partial charge on any atom is -0.356 e. The third-order valence-corrected chi connectivity index (χ3v) is 4.52. The van der Waals surface area contributed by atoms with E-state index in [9.17, 15) is 9.59 Å². The van der Waals surface area contributed by atoms with E-state index in [-0.39, 0.29) is 18.2 Å². The lowest BCUT2D eigenvalue weighted by molar-refractivity contribution is -0.121. The largest absolute Gasteiger partial charge is 0.356 e. The van der Waals surface area contributed by atoms with E-state index in [4.69, 9.17) is 4.52 Å². The van der Waals surface area contributed by atoms with Gasteiger partial charge in [-0.1, -0.05) is 17.3 Å². The zero-order valence-corrected chi connectivity index (χ0v) is 13.5. The van der Waals surface area contributed by atoms with Gasteiger partial charge in [-0.2, -0.15) is 0 Å². The summed E-state index contributed by atoms with van der Waals surface area (Å²) in [6.45, 7) is 0. The number of para-hydroxylation sites is 1. The van der Waals surface area contributed by atoms with Crippen LogP contribution in [0.1, 0.15) is 15.4 Å². The van der Waals surface area contributed by atoms with Gasteiger partial charge in [-0.25, -0.2) is 0 Å². The second-order valence-electron chi connectivity index (χ2n) is 4.41. The van der Waals surface area contributed by atoms with E-state index < -0.39 is 0 Å². The number of hydrogen-bond donors (Lipinski definition) is 2. The molecule has 2 aromatic heterocycles. The summed E-state index contributed by atoms with van der Waals surface area (Å²) in [6.07, 6.45) is 0.0193. The highest BCUT2D eigenvalue weighted by Crippen LogP contribution is 2.21. The second kappa shape index (κ2) is 6.29. The fourth-order valence-electron chi connectivity index (χ4n) is 1.89. The first kappa shape index (κ1) is 14.7. The monoisotopic (exact) mass is 379 g/mol. The Bertz CT molecular complexity index is 843. The standard InChI is InChI=1S/C14H10BrN3O3S/c15-12-6-5-11(22-12)14(20)17-16-13(19)7-9-8-3-1-2-4-10(8)21-18-9/h1-6H,7H2,(H,16,19)(H,17,20). The predicted molar refractivity (Wildman–Crippen MR) is 85.3 cm³/mol. The van der Waals surface area contributed by atoms with Crippen molar-refractivity contribution in [3.8, 4) is 0 Å². The van der Waals surface area contributed by atoms with Crippen molar-refractivity contribution in [2.24, 2.45) is 0 Å². The van der Waals surface area contributed by atoms with E-state index in [0.29, 0.717) is 16.2 Å². The highest BCUT2D eigenvalue weighted by Gasteiger charge is 2.13. The predicted octanol–water partition coefficient (Wildman–Crippen LogP) is 2.66. The number of carbonyl (C=O) groups excluding carboxylic acids is 2. The fraction of sp³-hybridized carbons (Fsp3) is 0.0714. The molecule has 2 amide bonds. The zero-order chi connectivity index (χ0) is 15.5. The average molecular weight is 380 g/mol. The van der Waals surface area contributed by atoms with Gasteiger partial charge < -0.3 is 4.52 Å². The molecule has 0 unspecified atom stereocenters. The lowest BCUT2D eigenvalue weighted by atomic mass is 10.2. The van der Waals surface area contributed by atoms with E-state index in [1.165, 1.54) is 11.3 Å². The summed E-state index contributed by atoms with van der Waals surface area (Å²) < 4.78 is 5.97. The highest BCUT2D eigenvalue weighted by atomic mass is 79.9. The van der Waals surface area contributed by atoms with Gasteiger partial charge in [0.2, 0.25) is 5.91 Å². The summed E-state index contributed by atoms with van der Waals surface area (Å²) >= 11 is 4.56. The number of aromatic nitrogens is 1. The molecule has 0 atom stereocenters. The van der Waals surface area contributed by atoms with Gasteiger partial charge in [0.05, 0.1) is 15.1 Å². The number of amides is 2. The molecule has 1 aromatic carbocycles. The molecule has 0 spiro atoms. The number of benzene rings is 1. The Hall–Kier alpha value is -2.19. The van der Waals surface area contributed by atoms with Crippen LogP contribution in [-0.4, -0.2) is 17.0 Å². The van der Waals surface area contributed by atoms with E-state index in [1.54, 1.807) is 18.2 Å². The molecule has 0 radical (unpaired) electrons. The number of halogens is 1. The summed E-state index contributed by atoms with van der Waals surface area (Å²) in [5.74, 6) is -0.739. The van der Waals surface area contributed by atoms with Gasteiger partial charge in [0, 0.05) is 5.39 Å². The molecule has 112 valence electrons. The maximum Gasteiger partial charge on any atom is 0.279 e. The van der Waals surface area contributed by atoms with Crippen molar-refractivity contribution in [3.05, 3.63) is 50.8 Å². The first-order valence-corrected chi connectivity index (χ1v) is 7.92. The van der Waals surface area contributed by atoms with Crippen LogP contribution in [0, 0.1) is 0 Å². The molecule has 22 heavy (non-hydrogen) atoms. The third-order valence-electron chi connectivity index (χ3n) is 2.89. The molecule has 3 aromatic rings. The molecule has 2 heterocycles. The van der Waals surface area contributed by atoms with Crippen LogP contribution in [0.2, 0.25) is 0 Å². The average Bonchev–Trinajstić information content (AvgIpc) is 3.12. The Labute approximate surface area is 137 Å². The molecule has 0 fully saturated rings. The molecular weight excluding hydrogens is 370 g/mol. The van der Waals surface area contributed by atoms with E-state index in [0.717, 1.165) is 9.17 Å². The van der Waals surface area contributed by atoms with Crippen LogP contribution in [0.15, 0.2) is 44.7 Å². The number of nitrogens with one attached hydrogen (secondary N) is 2. The number of hydrogen-bond acceptors (Lipinski definition) is 5. The van der Waals surface area contributed by atoms with Gasteiger partial charge in [0.1, 0.15) is 5.69 Å². The minimum absolute atomic E-state index is 0.0193. The zero-order valence-electron chi connectivity index (χ0n) is 11.1. The minimum atomic E-state index is -0.372. The van der Waals surface area contributed by atoms with E-state index in [2.05, 4.69) is 31.9 Å². The Morgan fingerprint density at radius 1 is 1.18 bits per heavy atom. The van der Waals surface area contributed by atoms with Crippen LogP contribution < -0.4 is 10.9 Å². The van der Waals surface area contributed by atoms with Gasteiger partial charge >= 0.3 is 0 Å². The third kappa shape index (κ3) is 3.18. The number of thiophene rings is 1. The van der Waals surface area contributed by atoms with Crippen LogP contribution >= 0.6 is 27.3 Å². The molecule has 2 N–H and O–H groups in total. The lowest BCUT2D eigenvalue weighted by Gasteiger charge is -2.04. The number of nitrogens with zero attached hydrogens (tertiary/aromatic N) is 1. The van der Waals surface area contributed by atoms with Crippen molar-refractivity contribution in [2.75, 3.05) is 0 Å². The maximum absolute atomic E-state index is 11.9. The van der Waals surface area contributed by atoms with Gasteiger partial charge in [0.25, 0.3) is 5.91 Å². The summed E-state index contributed by atoms with van der Waals surface area (Å²) in [4.78, 5) is 24.2. The Morgan fingerprint density at radius 2 is 2.00 bits per heavy atom. The van der Waals surface area contributed by atoms with Gasteiger partial charge in [-0.3, -0.25) is 20.4 Å². The van der Waals surface area contributed by atoms with Gasteiger partial charge in [-0.05, 0) is 40.2 Å². The van der Waals surface area contributed by atoms with Gasteiger partial charge in [-0.15, -0.1) is 11.3 Å². The highest BCUT2D eigenvalue weighted by molar-refractivity contribution is 9.11. The van der Waals surface area contributed by atoms with E-state index >= 15 is 0 Å². The fourth-order valence-corrected chi connectivity index (χ4v) is 3.17. The first-order chi connectivity index (χ1) is 10.6. The summed E-state index contributed by atoms with van der Waals surface area (Å²) in [5.41, 5.74) is 5.88.